The molecule has 0 amide bonds. The van der Waals surface area contributed by atoms with Gasteiger partial charge in [-0.2, -0.15) is 9.56 Å². The standard InChI is InChI=1S/C10H14N5O6P/c11-8-7-9(13-2-12-8)15(3-14-7)10-5(17)1-6(19-10)20-21-22(18)4-16/h2-3,5-6,10,16-18H,1,4H2,(H2,11,12,13)/t5?,6-,10-,22?/m1/s1. The molecular weight excluding hydrogens is 317 g/mol. The minimum Gasteiger partial charge on any atom is -0.388 e. The van der Waals surface area contributed by atoms with E-state index in [1.165, 1.54) is 17.2 Å². The molecule has 4 atom stereocenters. The van der Waals surface area contributed by atoms with E-state index in [1.807, 2.05) is 0 Å². The zero-order chi connectivity index (χ0) is 15.7. The van der Waals surface area contributed by atoms with Gasteiger partial charge in [-0.05, 0) is 0 Å². The lowest BCUT2D eigenvalue weighted by molar-refractivity contribution is -0.318. The van der Waals surface area contributed by atoms with Crippen LogP contribution in [0.3, 0.4) is 0 Å². The summed E-state index contributed by atoms with van der Waals surface area (Å²) < 4.78 is 11.6. The highest BCUT2D eigenvalue weighted by Crippen LogP contribution is 2.36. The maximum absolute atomic E-state index is 10.1. The molecule has 2 aromatic rings. The molecule has 22 heavy (non-hydrogen) atoms. The highest BCUT2D eigenvalue weighted by atomic mass is 31.2. The number of nitrogens with zero attached hydrogens (tertiary/aromatic N) is 4. The molecule has 2 aromatic heterocycles. The lowest BCUT2D eigenvalue weighted by Crippen LogP contribution is -2.19. The number of aromatic nitrogens is 4. The predicted octanol–water partition coefficient (Wildman–Crippen LogP) is -0.783. The van der Waals surface area contributed by atoms with Gasteiger partial charge in [0.05, 0.1) is 6.33 Å². The van der Waals surface area contributed by atoms with Crippen LogP contribution >= 0.6 is 8.38 Å². The fraction of sp³-hybridized carbons (Fsp3) is 0.500. The normalized spacial score (nSPS) is 26.6. The van der Waals surface area contributed by atoms with Crippen LogP contribution in [0.2, 0.25) is 0 Å². The Bertz CT molecular complexity index is 656. The highest BCUT2D eigenvalue weighted by molar-refractivity contribution is 7.45. The zero-order valence-electron chi connectivity index (χ0n) is 11.2. The molecular formula is C10H14N5O6P. The number of nitrogens with two attached hydrogens (primary N) is 1. The Morgan fingerprint density at radius 3 is 3.05 bits per heavy atom. The molecule has 1 fully saturated rings. The van der Waals surface area contributed by atoms with Gasteiger partial charge < -0.3 is 25.6 Å². The maximum atomic E-state index is 10.1. The van der Waals surface area contributed by atoms with Crippen LogP contribution in [0.4, 0.5) is 5.82 Å². The number of anilines is 1. The Balaban J connectivity index is 1.75. The fourth-order valence-electron chi connectivity index (χ4n) is 2.11. The van der Waals surface area contributed by atoms with Gasteiger partial charge in [0.1, 0.15) is 24.3 Å². The summed E-state index contributed by atoms with van der Waals surface area (Å²) in [5, 5.41) is 18.7. The van der Waals surface area contributed by atoms with Crippen LogP contribution in [0.25, 0.3) is 11.2 Å². The van der Waals surface area contributed by atoms with Gasteiger partial charge in [-0.1, -0.05) is 0 Å². The van der Waals surface area contributed by atoms with Crippen molar-refractivity contribution < 1.29 is 29.4 Å². The van der Waals surface area contributed by atoms with Crippen molar-refractivity contribution in [1.29, 1.82) is 0 Å². The summed E-state index contributed by atoms with van der Waals surface area (Å²) in [7, 11) is -2.09. The fourth-order valence-corrected chi connectivity index (χ4v) is 2.35. The number of imidazole rings is 1. The molecule has 1 aliphatic rings. The van der Waals surface area contributed by atoms with E-state index in [1.54, 1.807) is 0 Å². The third kappa shape index (κ3) is 2.88. The van der Waals surface area contributed by atoms with Crippen LogP contribution in [0.5, 0.6) is 0 Å². The molecule has 0 bridgehead atoms. The minimum atomic E-state index is -2.09. The Morgan fingerprint density at radius 2 is 2.27 bits per heavy atom. The third-order valence-electron chi connectivity index (χ3n) is 3.07. The van der Waals surface area contributed by atoms with E-state index in [0.717, 1.165) is 0 Å². The molecule has 2 unspecified atom stereocenters. The van der Waals surface area contributed by atoms with E-state index in [-0.39, 0.29) is 12.2 Å². The largest absolute Gasteiger partial charge is 0.388 e. The van der Waals surface area contributed by atoms with E-state index in [4.69, 9.17) is 25.4 Å². The van der Waals surface area contributed by atoms with Crippen LogP contribution in [0.1, 0.15) is 12.6 Å². The predicted molar refractivity (Wildman–Crippen MR) is 72.7 cm³/mol. The van der Waals surface area contributed by atoms with Gasteiger partial charge in [0.15, 0.2) is 24.0 Å². The smallest absolute Gasteiger partial charge is 0.232 e. The average Bonchev–Trinajstić information content (AvgIpc) is 3.09. The first kappa shape index (κ1) is 15.4. The van der Waals surface area contributed by atoms with E-state index in [0.29, 0.717) is 11.2 Å². The molecule has 3 heterocycles. The Morgan fingerprint density at radius 1 is 1.45 bits per heavy atom. The number of nitrogen functional groups attached to an aromatic ring is 1. The Hall–Kier alpha value is -1.46. The van der Waals surface area contributed by atoms with Gasteiger partial charge in [0, 0.05) is 6.42 Å². The zero-order valence-corrected chi connectivity index (χ0v) is 12.1. The van der Waals surface area contributed by atoms with Gasteiger partial charge in [-0.3, -0.25) is 4.57 Å². The summed E-state index contributed by atoms with van der Waals surface area (Å²) in [4.78, 5) is 25.9. The third-order valence-corrected chi connectivity index (χ3v) is 3.57. The Kier molecular flexibility index (Phi) is 4.45. The molecule has 0 radical (unpaired) electrons. The summed E-state index contributed by atoms with van der Waals surface area (Å²) in [6.07, 6.45) is -0.335. The Labute approximate surface area is 125 Å². The first-order valence-electron chi connectivity index (χ1n) is 6.27. The van der Waals surface area contributed by atoms with Gasteiger partial charge >= 0.3 is 0 Å². The van der Waals surface area contributed by atoms with Crippen molar-refractivity contribution in [2.45, 2.75) is 25.0 Å². The van der Waals surface area contributed by atoms with Crippen LogP contribution in [-0.4, -0.2) is 53.4 Å². The van der Waals surface area contributed by atoms with Crippen molar-refractivity contribution in [3.63, 3.8) is 0 Å². The van der Waals surface area contributed by atoms with Gasteiger partial charge in [-0.25, -0.2) is 15.0 Å². The SMILES string of the molecule is Nc1ncnc2c1ncn2[C@@H]1O[C@H](OOP(O)CO)CC1O. The molecule has 0 aliphatic carbocycles. The number of fused-ring (bicyclic) bond motifs is 1. The van der Waals surface area contributed by atoms with Crippen LogP contribution in [0, 0.1) is 0 Å². The molecule has 12 heteroatoms. The summed E-state index contributed by atoms with van der Waals surface area (Å²) in [6.45, 7) is 0. The number of aliphatic hydroxyl groups is 2. The van der Waals surface area contributed by atoms with Crippen molar-refractivity contribution in [3.05, 3.63) is 12.7 Å². The van der Waals surface area contributed by atoms with Crippen molar-refractivity contribution in [3.8, 4) is 0 Å². The van der Waals surface area contributed by atoms with Crippen LogP contribution in [0.15, 0.2) is 12.7 Å². The average molecular weight is 331 g/mol. The quantitative estimate of drug-likeness (QED) is 0.311. The molecule has 11 nitrogen and oxygen atoms in total. The van der Waals surface area contributed by atoms with Crippen molar-refractivity contribution in [2.24, 2.45) is 0 Å². The first-order chi connectivity index (χ1) is 10.6. The number of ether oxygens (including phenoxy) is 1. The summed E-state index contributed by atoms with van der Waals surface area (Å²) in [6, 6.07) is 0. The van der Waals surface area contributed by atoms with E-state index >= 15 is 0 Å². The lowest BCUT2D eigenvalue weighted by atomic mass is 10.2. The lowest BCUT2D eigenvalue weighted by Gasteiger charge is -2.16. The second-order valence-corrected chi connectivity index (χ2v) is 5.64. The van der Waals surface area contributed by atoms with Gasteiger partial charge in [-0.15, -0.1) is 0 Å². The van der Waals surface area contributed by atoms with Crippen molar-refractivity contribution >= 4 is 25.4 Å². The van der Waals surface area contributed by atoms with E-state index in [9.17, 15) is 5.11 Å². The number of hydrogen-bond donors (Lipinski definition) is 4. The second-order valence-electron chi connectivity index (χ2n) is 4.51. The monoisotopic (exact) mass is 331 g/mol. The van der Waals surface area contributed by atoms with E-state index in [2.05, 4.69) is 19.6 Å². The molecule has 1 saturated heterocycles. The topological polar surface area (TPSA) is 158 Å². The van der Waals surface area contributed by atoms with Gasteiger partial charge in [0.25, 0.3) is 0 Å². The van der Waals surface area contributed by atoms with Crippen molar-refractivity contribution in [1.82, 2.24) is 19.5 Å². The summed E-state index contributed by atoms with van der Waals surface area (Å²) in [5.41, 5.74) is 6.52. The summed E-state index contributed by atoms with van der Waals surface area (Å²) >= 11 is 0. The molecule has 0 spiro atoms. The second kappa shape index (κ2) is 6.34. The first-order valence-corrected chi connectivity index (χ1v) is 7.67. The van der Waals surface area contributed by atoms with Gasteiger partial charge in [0.2, 0.25) is 8.38 Å². The minimum absolute atomic E-state index is 0.111. The van der Waals surface area contributed by atoms with E-state index < -0.39 is 33.3 Å². The molecule has 5 N–H and O–H groups in total. The highest BCUT2D eigenvalue weighted by Gasteiger charge is 2.38. The number of hydrogen-bond acceptors (Lipinski definition) is 10. The molecule has 0 saturated carbocycles. The van der Waals surface area contributed by atoms with Crippen LogP contribution in [-0.2, 0) is 14.3 Å². The van der Waals surface area contributed by atoms with Crippen LogP contribution < -0.4 is 5.73 Å². The van der Waals surface area contributed by atoms with Crippen molar-refractivity contribution in [2.75, 3.05) is 12.1 Å². The number of rotatable bonds is 5. The molecule has 120 valence electrons. The molecule has 1 aliphatic heterocycles. The molecule has 0 aromatic carbocycles. The molecule has 3 rings (SSSR count). The number of aliphatic hydroxyl groups excluding tert-OH is 2. The maximum Gasteiger partial charge on any atom is 0.232 e. The summed E-state index contributed by atoms with van der Waals surface area (Å²) in [5.74, 6) is 0.223.